The minimum atomic E-state index is -0.128. The molecule has 0 aliphatic rings. The molecule has 19 heavy (non-hydrogen) atoms. The summed E-state index contributed by atoms with van der Waals surface area (Å²) < 4.78 is 0. The van der Waals surface area contributed by atoms with Gasteiger partial charge in [-0.05, 0) is 6.42 Å². The molecule has 0 saturated carbocycles. The summed E-state index contributed by atoms with van der Waals surface area (Å²) in [5.74, 6) is 2.38. The Labute approximate surface area is 110 Å². The summed E-state index contributed by atoms with van der Waals surface area (Å²) in [6, 6.07) is 1.47. The fourth-order valence-corrected chi connectivity index (χ4v) is 1.66. The standard InChI is InChI=1S/C12H18N6O/c1-8(2)12-16-10(6-11(19)17-12)13-5-3-4-9-14-7-15-18-9/h6-8H,3-5H2,1-2H3,(H,14,15,18)(H2,13,16,17,19). The number of aromatic nitrogens is 5. The fraction of sp³-hybridized carbons (Fsp3) is 0.500. The Morgan fingerprint density at radius 3 is 2.95 bits per heavy atom. The van der Waals surface area contributed by atoms with Crippen molar-refractivity contribution >= 4 is 5.82 Å². The second-order valence-corrected chi connectivity index (χ2v) is 4.63. The van der Waals surface area contributed by atoms with Gasteiger partial charge in [0.2, 0.25) is 0 Å². The molecule has 0 spiro atoms. The van der Waals surface area contributed by atoms with E-state index in [1.54, 1.807) is 0 Å². The van der Waals surface area contributed by atoms with Gasteiger partial charge in [-0.2, -0.15) is 5.10 Å². The molecule has 2 aromatic rings. The van der Waals surface area contributed by atoms with Crippen molar-refractivity contribution in [2.75, 3.05) is 11.9 Å². The average Bonchev–Trinajstić information content (AvgIpc) is 2.87. The first-order valence-corrected chi connectivity index (χ1v) is 6.34. The Kier molecular flexibility index (Phi) is 4.27. The quantitative estimate of drug-likeness (QED) is 0.676. The largest absolute Gasteiger partial charge is 0.370 e. The lowest BCUT2D eigenvalue weighted by Crippen LogP contribution is -2.15. The average molecular weight is 262 g/mol. The maximum atomic E-state index is 11.5. The molecule has 0 amide bonds. The van der Waals surface area contributed by atoms with E-state index in [1.165, 1.54) is 12.4 Å². The second-order valence-electron chi connectivity index (χ2n) is 4.63. The molecule has 0 atom stereocenters. The zero-order chi connectivity index (χ0) is 13.7. The predicted octanol–water partition coefficient (Wildman–Crippen LogP) is 1.06. The van der Waals surface area contributed by atoms with E-state index in [0.29, 0.717) is 11.6 Å². The van der Waals surface area contributed by atoms with Crippen LogP contribution in [0.3, 0.4) is 0 Å². The van der Waals surface area contributed by atoms with Crippen LogP contribution in [0.4, 0.5) is 5.82 Å². The Morgan fingerprint density at radius 1 is 1.42 bits per heavy atom. The molecule has 0 aliphatic heterocycles. The summed E-state index contributed by atoms with van der Waals surface area (Å²) in [7, 11) is 0. The minimum Gasteiger partial charge on any atom is -0.370 e. The molecule has 0 saturated heterocycles. The predicted molar refractivity (Wildman–Crippen MR) is 72.1 cm³/mol. The number of anilines is 1. The maximum Gasteiger partial charge on any atom is 0.252 e. The molecule has 3 N–H and O–H groups in total. The highest BCUT2D eigenvalue weighted by atomic mass is 16.1. The molecule has 0 aliphatic carbocycles. The summed E-state index contributed by atoms with van der Waals surface area (Å²) in [4.78, 5) is 22.6. The molecule has 0 fully saturated rings. The van der Waals surface area contributed by atoms with Gasteiger partial charge in [0.15, 0.2) is 0 Å². The smallest absolute Gasteiger partial charge is 0.252 e. The van der Waals surface area contributed by atoms with Crippen LogP contribution >= 0.6 is 0 Å². The molecule has 0 radical (unpaired) electrons. The summed E-state index contributed by atoms with van der Waals surface area (Å²) in [5.41, 5.74) is -0.128. The van der Waals surface area contributed by atoms with E-state index >= 15 is 0 Å². The van der Waals surface area contributed by atoms with E-state index in [2.05, 4.69) is 30.5 Å². The Morgan fingerprint density at radius 2 is 2.26 bits per heavy atom. The van der Waals surface area contributed by atoms with Crippen molar-refractivity contribution in [3.05, 3.63) is 34.4 Å². The van der Waals surface area contributed by atoms with E-state index < -0.39 is 0 Å². The van der Waals surface area contributed by atoms with Gasteiger partial charge in [-0.3, -0.25) is 9.89 Å². The Bertz CT molecular complexity index is 560. The summed E-state index contributed by atoms with van der Waals surface area (Å²) in [6.07, 6.45) is 3.20. The Hall–Kier alpha value is -2.18. The third kappa shape index (κ3) is 3.90. The van der Waals surface area contributed by atoms with Crippen molar-refractivity contribution in [1.29, 1.82) is 0 Å². The van der Waals surface area contributed by atoms with Crippen molar-refractivity contribution < 1.29 is 0 Å². The first-order chi connectivity index (χ1) is 9.15. The number of H-pyrrole nitrogens is 2. The molecule has 7 heteroatoms. The number of aromatic amines is 2. The van der Waals surface area contributed by atoms with Crippen molar-refractivity contribution in [2.45, 2.75) is 32.6 Å². The first kappa shape index (κ1) is 13.3. The normalized spacial score (nSPS) is 10.9. The number of rotatable bonds is 6. The van der Waals surface area contributed by atoms with Crippen LogP contribution in [-0.4, -0.2) is 31.7 Å². The van der Waals surface area contributed by atoms with Gasteiger partial charge in [0.25, 0.3) is 5.56 Å². The third-order valence-electron chi connectivity index (χ3n) is 2.67. The van der Waals surface area contributed by atoms with Gasteiger partial charge in [-0.1, -0.05) is 13.8 Å². The third-order valence-corrected chi connectivity index (χ3v) is 2.67. The number of hydrogen-bond acceptors (Lipinski definition) is 5. The van der Waals surface area contributed by atoms with Gasteiger partial charge in [0, 0.05) is 24.9 Å². The van der Waals surface area contributed by atoms with Crippen molar-refractivity contribution in [3.8, 4) is 0 Å². The van der Waals surface area contributed by atoms with Crippen LogP contribution in [0.1, 0.15) is 37.8 Å². The monoisotopic (exact) mass is 262 g/mol. The highest BCUT2D eigenvalue weighted by molar-refractivity contribution is 5.33. The van der Waals surface area contributed by atoms with Gasteiger partial charge >= 0.3 is 0 Å². The van der Waals surface area contributed by atoms with Gasteiger partial charge < -0.3 is 10.3 Å². The fourth-order valence-electron chi connectivity index (χ4n) is 1.66. The van der Waals surface area contributed by atoms with Crippen molar-refractivity contribution in [1.82, 2.24) is 25.1 Å². The molecule has 2 heterocycles. The molecule has 2 rings (SSSR count). The minimum absolute atomic E-state index is 0.128. The van der Waals surface area contributed by atoms with E-state index in [4.69, 9.17) is 0 Å². The number of nitrogens with zero attached hydrogens (tertiary/aromatic N) is 3. The van der Waals surface area contributed by atoms with Crippen LogP contribution < -0.4 is 10.9 Å². The zero-order valence-corrected chi connectivity index (χ0v) is 11.1. The molecular weight excluding hydrogens is 244 g/mol. The van der Waals surface area contributed by atoms with Crippen LogP contribution in [0.5, 0.6) is 0 Å². The molecule has 7 nitrogen and oxygen atoms in total. The van der Waals surface area contributed by atoms with Gasteiger partial charge in [0.05, 0.1) is 0 Å². The summed E-state index contributed by atoms with van der Waals surface area (Å²) >= 11 is 0. The second kappa shape index (κ2) is 6.12. The summed E-state index contributed by atoms with van der Waals surface area (Å²) in [5, 5.41) is 9.75. The number of hydrogen-bond donors (Lipinski definition) is 3. The van der Waals surface area contributed by atoms with Gasteiger partial charge in [-0.25, -0.2) is 9.97 Å². The molecule has 0 unspecified atom stereocenters. The van der Waals surface area contributed by atoms with E-state index in [9.17, 15) is 4.79 Å². The van der Waals surface area contributed by atoms with Crippen molar-refractivity contribution in [3.63, 3.8) is 0 Å². The van der Waals surface area contributed by atoms with Crippen LogP contribution in [0, 0.1) is 0 Å². The zero-order valence-electron chi connectivity index (χ0n) is 11.1. The summed E-state index contributed by atoms with van der Waals surface area (Å²) in [6.45, 7) is 4.71. The van der Waals surface area contributed by atoms with Crippen LogP contribution in [-0.2, 0) is 6.42 Å². The number of nitrogens with one attached hydrogen (secondary N) is 3. The van der Waals surface area contributed by atoms with Crippen molar-refractivity contribution in [2.24, 2.45) is 0 Å². The molecule has 102 valence electrons. The van der Waals surface area contributed by atoms with E-state index in [-0.39, 0.29) is 11.5 Å². The molecule has 0 bridgehead atoms. The van der Waals surface area contributed by atoms with E-state index in [1.807, 2.05) is 13.8 Å². The SMILES string of the molecule is CC(C)c1nc(NCCCc2ncn[nH]2)cc(=O)[nH]1. The van der Waals surface area contributed by atoms with Gasteiger partial charge in [0.1, 0.15) is 23.8 Å². The van der Waals surface area contributed by atoms with Crippen LogP contribution in [0.15, 0.2) is 17.2 Å². The van der Waals surface area contributed by atoms with E-state index in [0.717, 1.165) is 25.2 Å². The first-order valence-electron chi connectivity index (χ1n) is 6.34. The highest BCUT2D eigenvalue weighted by Crippen LogP contribution is 2.09. The molecule has 0 aromatic carbocycles. The molecule has 2 aromatic heterocycles. The topological polar surface area (TPSA) is 99.3 Å². The van der Waals surface area contributed by atoms with Crippen LogP contribution in [0.25, 0.3) is 0 Å². The lowest BCUT2D eigenvalue weighted by atomic mass is 10.2. The lowest BCUT2D eigenvalue weighted by molar-refractivity contribution is 0.761. The Balaban J connectivity index is 1.87. The van der Waals surface area contributed by atoms with Gasteiger partial charge in [-0.15, -0.1) is 0 Å². The maximum absolute atomic E-state index is 11.5. The lowest BCUT2D eigenvalue weighted by Gasteiger charge is -2.08. The highest BCUT2D eigenvalue weighted by Gasteiger charge is 2.04. The number of aryl methyl sites for hydroxylation is 1. The molecular formula is C12H18N6O. The van der Waals surface area contributed by atoms with Crippen LogP contribution in [0.2, 0.25) is 0 Å².